The van der Waals surface area contributed by atoms with Crippen LogP contribution in [0.15, 0.2) is 63.0 Å². The number of benzene rings is 2. The summed E-state index contributed by atoms with van der Waals surface area (Å²) < 4.78 is 13.0. The summed E-state index contributed by atoms with van der Waals surface area (Å²) in [5, 5.41) is 5.39. The molecule has 5 rings (SSSR count). The maximum absolute atomic E-state index is 13.2. The summed E-state index contributed by atoms with van der Waals surface area (Å²) in [7, 11) is 0. The number of hydrogen-bond acceptors (Lipinski definition) is 7. The lowest BCUT2D eigenvalue weighted by Crippen LogP contribution is -2.28. The fourth-order valence-corrected chi connectivity index (χ4v) is 4.83. The quantitative estimate of drug-likeness (QED) is 0.281. The van der Waals surface area contributed by atoms with Gasteiger partial charge >= 0.3 is 0 Å². The number of ether oxygens (including phenoxy) is 1. The summed E-state index contributed by atoms with van der Waals surface area (Å²) in [5.74, 6) is 1.95. The molecule has 0 N–H and O–H groups in total. The Balaban J connectivity index is 1.38. The Hall–Kier alpha value is -2.97. The van der Waals surface area contributed by atoms with E-state index >= 15 is 0 Å². The second kappa shape index (κ2) is 9.49. The third kappa shape index (κ3) is 4.72. The monoisotopic (exact) mass is 462 g/mol. The third-order valence-corrected chi connectivity index (χ3v) is 6.83. The maximum atomic E-state index is 13.2. The maximum Gasteiger partial charge on any atom is 0.262 e. The highest BCUT2D eigenvalue weighted by molar-refractivity contribution is 7.98. The van der Waals surface area contributed by atoms with Gasteiger partial charge in [-0.25, -0.2) is 4.98 Å². The van der Waals surface area contributed by atoms with Crippen molar-refractivity contribution in [3.05, 3.63) is 70.3 Å². The van der Waals surface area contributed by atoms with Crippen molar-refractivity contribution in [1.82, 2.24) is 19.7 Å². The van der Waals surface area contributed by atoms with Crippen molar-refractivity contribution in [3.63, 3.8) is 0 Å². The van der Waals surface area contributed by atoms with Crippen molar-refractivity contribution in [3.8, 4) is 11.4 Å². The van der Waals surface area contributed by atoms with Gasteiger partial charge in [-0.3, -0.25) is 9.36 Å². The Morgan fingerprint density at radius 2 is 1.94 bits per heavy atom. The molecule has 33 heavy (non-hydrogen) atoms. The van der Waals surface area contributed by atoms with Crippen LogP contribution in [0.5, 0.6) is 0 Å². The molecule has 2 aromatic heterocycles. The molecule has 1 aliphatic heterocycles. The smallest absolute Gasteiger partial charge is 0.262 e. The number of nitrogens with zero attached hydrogens (tertiary/aromatic N) is 4. The Bertz CT molecular complexity index is 1310. The molecule has 1 unspecified atom stereocenters. The molecule has 170 valence electrons. The molecule has 0 bridgehead atoms. The average molecular weight is 463 g/mol. The lowest BCUT2D eigenvalue weighted by Gasteiger charge is -2.16. The fraction of sp³-hybridized carbons (Fsp3) is 0.360. The molecule has 7 nitrogen and oxygen atoms in total. The van der Waals surface area contributed by atoms with Crippen molar-refractivity contribution < 1.29 is 9.26 Å². The van der Waals surface area contributed by atoms with Gasteiger partial charge in [0.05, 0.1) is 29.3 Å². The topological polar surface area (TPSA) is 83.0 Å². The van der Waals surface area contributed by atoms with Crippen LogP contribution in [0, 0.1) is 0 Å². The molecule has 1 saturated heterocycles. The second-order valence-corrected chi connectivity index (χ2v) is 9.48. The zero-order valence-electron chi connectivity index (χ0n) is 18.7. The van der Waals surface area contributed by atoms with Gasteiger partial charge in [0.25, 0.3) is 5.56 Å². The summed E-state index contributed by atoms with van der Waals surface area (Å²) in [6, 6.07) is 15.7. The van der Waals surface area contributed by atoms with Gasteiger partial charge in [0.1, 0.15) is 0 Å². The molecule has 0 aliphatic carbocycles. The van der Waals surface area contributed by atoms with Crippen LogP contribution in [0.4, 0.5) is 0 Å². The number of hydrogen-bond donors (Lipinski definition) is 0. The number of para-hydroxylation sites is 1. The average Bonchev–Trinajstić information content (AvgIpc) is 3.52. The molecule has 0 amide bonds. The molecule has 1 fully saturated rings. The molecular formula is C25H26N4O3S. The van der Waals surface area contributed by atoms with Crippen LogP contribution in [0.3, 0.4) is 0 Å². The highest BCUT2D eigenvalue weighted by Crippen LogP contribution is 2.25. The number of thioether (sulfide) groups is 1. The van der Waals surface area contributed by atoms with E-state index in [2.05, 4.69) is 36.1 Å². The highest BCUT2D eigenvalue weighted by Gasteiger charge is 2.21. The van der Waals surface area contributed by atoms with Crippen molar-refractivity contribution >= 4 is 22.7 Å². The molecule has 0 radical (unpaired) electrons. The predicted molar refractivity (Wildman–Crippen MR) is 128 cm³/mol. The Labute approximate surface area is 196 Å². The van der Waals surface area contributed by atoms with Crippen LogP contribution in [0.2, 0.25) is 0 Å². The van der Waals surface area contributed by atoms with Gasteiger partial charge in [-0.2, -0.15) is 4.98 Å². The SMILES string of the molecule is CC(C)c1ccc(-c2noc(CSc3nc4ccccc4c(=O)n3CC3CCCO3)n2)cc1. The van der Waals surface area contributed by atoms with Gasteiger partial charge in [-0.15, -0.1) is 0 Å². The fourth-order valence-electron chi connectivity index (χ4n) is 3.98. The Morgan fingerprint density at radius 3 is 2.70 bits per heavy atom. The molecular weight excluding hydrogens is 436 g/mol. The van der Waals surface area contributed by atoms with Gasteiger partial charge in [0.2, 0.25) is 11.7 Å². The van der Waals surface area contributed by atoms with E-state index in [1.54, 1.807) is 4.57 Å². The van der Waals surface area contributed by atoms with E-state index in [1.165, 1.54) is 17.3 Å². The lowest BCUT2D eigenvalue weighted by atomic mass is 10.0. The van der Waals surface area contributed by atoms with Crippen LogP contribution in [0.25, 0.3) is 22.3 Å². The molecule has 8 heteroatoms. The molecule has 1 atom stereocenters. The summed E-state index contributed by atoms with van der Waals surface area (Å²) in [6.07, 6.45) is 2.01. The van der Waals surface area contributed by atoms with Crippen molar-refractivity contribution in [2.45, 2.75) is 56.2 Å². The van der Waals surface area contributed by atoms with Gasteiger partial charge < -0.3 is 9.26 Å². The standard InChI is InChI=1S/C25H26N4O3S/c1-16(2)17-9-11-18(12-10-17)23-27-22(32-28-23)15-33-25-26-21-8-4-3-7-20(21)24(30)29(25)14-19-6-5-13-31-19/h3-4,7-12,16,19H,5-6,13-15H2,1-2H3. The first-order valence-corrected chi connectivity index (χ1v) is 12.2. The second-order valence-electron chi connectivity index (χ2n) is 8.54. The van der Waals surface area contributed by atoms with Crippen LogP contribution in [-0.2, 0) is 17.0 Å². The van der Waals surface area contributed by atoms with E-state index < -0.39 is 0 Å². The largest absolute Gasteiger partial charge is 0.376 e. The van der Waals surface area contributed by atoms with E-state index in [4.69, 9.17) is 14.2 Å². The van der Waals surface area contributed by atoms with E-state index in [0.717, 1.165) is 25.0 Å². The van der Waals surface area contributed by atoms with E-state index in [1.807, 2.05) is 36.4 Å². The third-order valence-electron chi connectivity index (χ3n) is 5.87. The van der Waals surface area contributed by atoms with Gasteiger partial charge in [-0.1, -0.05) is 67.2 Å². The predicted octanol–water partition coefficient (Wildman–Crippen LogP) is 5.04. The number of fused-ring (bicyclic) bond motifs is 1. The van der Waals surface area contributed by atoms with Gasteiger partial charge in [0, 0.05) is 12.2 Å². The normalized spacial score (nSPS) is 16.2. The van der Waals surface area contributed by atoms with Crippen LogP contribution >= 0.6 is 11.8 Å². The summed E-state index contributed by atoms with van der Waals surface area (Å²) in [6.45, 7) is 5.57. The van der Waals surface area contributed by atoms with Crippen LogP contribution < -0.4 is 5.56 Å². The van der Waals surface area contributed by atoms with Crippen molar-refractivity contribution in [2.75, 3.05) is 6.61 Å². The molecule has 1 aliphatic rings. The van der Waals surface area contributed by atoms with Crippen molar-refractivity contribution in [2.24, 2.45) is 0 Å². The summed E-state index contributed by atoms with van der Waals surface area (Å²) in [5.41, 5.74) is 2.82. The first-order valence-electron chi connectivity index (χ1n) is 11.3. The molecule has 0 saturated carbocycles. The molecule has 0 spiro atoms. The molecule has 4 aromatic rings. The minimum Gasteiger partial charge on any atom is -0.376 e. The lowest BCUT2D eigenvalue weighted by molar-refractivity contribution is 0.0937. The minimum atomic E-state index is -0.0462. The van der Waals surface area contributed by atoms with Gasteiger partial charge in [0.15, 0.2) is 5.16 Å². The first-order chi connectivity index (χ1) is 16.1. The number of rotatable bonds is 7. The Morgan fingerprint density at radius 1 is 1.12 bits per heavy atom. The van der Waals surface area contributed by atoms with E-state index in [-0.39, 0.29) is 11.7 Å². The summed E-state index contributed by atoms with van der Waals surface area (Å²) >= 11 is 1.43. The zero-order valence-corrected chi connectivity index (χ0v) is 19.5. The Kier molecular flexibility index (Phi) is 6.28. The minimum absolute atomic E-state index is 0.0360. The highest BCUT2D eigenvalue weighted by atomic mass is 32.2. The summed E-state index contributed by atoms with van der Waals surface area (Å²) in [4.78, 5) is 22.5. The molecule has 3 heterocycles. The first kappa shape index (κ1) is 21.9. The number of aromatic nitrogens is 4. The van der Waals surface area contributed by atoms with E-state index in [0.29, 0.717) is 46.0 Å². The van der Waals surface area contributed by atoms with Gasteiger partial charge in [-0.05, 0) is 36.5 Å². The zero-order chi connectivity index (χ0) is 22.8. The molecule has 2 aromatic carbocycles. The van der Waals surface area contributed by atoms with E-state index in [9.17, 15) is 4.79 Å². The van der Waals surface area contributed by atoms with Crippen LogP contribution in [0.1, 0.15) is 44.1 Å². The van der Waals surface area contributed by atoms with Crippen LogP contribution in [-0.4, -0.2) is 32.4 Å². The van der Waals surface area contributed by atoms with Crippen molar-refractivity contribution in [1.29, 1.82) is 0 Å².